The third-order valence-electron chi connectivity index (χ3n) is 2.44. The number of benzene rings is 1. The summed E-state index contributed by atoms with van der Waals surface area (Å²) in [6, 6.07) is 4.89. The Morgan fingerprint density at radius 1 is 1.42 bits per heavy atom. The summed E-state index contributed by atoms with van der Waals surface area (Å²) in [5.41, 5.74) is 0.879. The van der Waals surface area contributed by atoms with Crippen LogP contribution in [0.1, 0.15) is 12.5 Å². The lowest BCUT2D eigenvalue weighted by Crippen LogP contribution is -2.34. The van der Waals surface area contributed by atoms with Crippen LogP contribution >= 0.6 is 23.4 Å². The van der Waals surface area contributed by atoms with Gasteiger partial charge in [0.2, 0.25) is 10.0 Å². The maximum absolute atomic E-state index is 12.3. The van der Waals surface area contributed by atoms with Gasteiger partial charge in [-0.05, 0) is 37.9 Å². The zero-order valence-corrected chi connectivity index (χ0v) is 13.6. The molecule has 4 nitrogen and oxygen atoms in total. The van der Waals surface area contributed by atoms with E-state index in [4.69, 9.17) is 11.6 Å². The van der Waals surface area contributed by atoms with Crippen molar-refractivity contribution in [2.24, 2.45) is 0 Å². The fraction of sp³-hybridized carbons (Fsp3) is 0.500. The largest absolute Gasteiger partial charge is 0.316 e. The highest BCUT2D eigenvalue weighted by molar-refractivity contribution is 7.98. The van der Waals surface area contributed by atoms with Gasteiger partial charge in [0.1, 0.15) is 4.90 Å². The van der Waals surface area contributed by atoms with Gasteiger partial charge >= 0.3 is 0 Å². The number of nitrogens with one attached hydrogen (secondary N) is 2. The van der Waals surface area contributed by atoms with E-state index < -0.39 is 10.0 Å². The van der Waals surface area contributed by atoms with Gasteiger partial charge in [-0.2, -0.15) is 11.8 Å². The van der Waals surface area contributed by atoms with Crippen LogP contribution in [-0.4, -0.2) is 33.5 Å². The molecule has 0 fully saturated rings. The van der Waals surface area contributed by atoms with Crippen molar-refractivity contribution in [1.29, 1.82) is 0 Å². The van der Waals surface area contributed by atoms with Gasteiger partial charge in [0.15, 0.2) is 0 Å². The van der Waals surface area contributed by atoms with E-state index in [1.165, 1.54) is 0 Å². The predicted molar refractivity (Wildman–Crippen MR) is 82.4 cm³/mol. The molecule has 0 aliphatic carbocycles. The Hall–Kier alpha value is -0.270. The first-order chi connectivity index (χ1) is 8.90. The summed E-state index contributed by atoms with van der Waals surface area (Å²) in [7, 11) is -1.77. The second-order valence-electron chi connectivity index (χ2n) is 4.27. The maximum Gasteiger partial charge on any atom is 0.242 e. The van der Waals surface area contributed by atoms with Crippen LogP contribution in [-0.2, 0) is 16.6 Å². The van der Waals surface area contributed by atoms with E-state index in [2.05, 4.69) is 10.0 Å². The van der Waals surface area contributed by atoms with Crippen LogP contribution in [0.25, 0.3) is 0 Å². The third-order valence-corrected chi connectivity index (χ3v) is 5.34. The molecule has 0 spiro atoms. The van der Waals surface area contributed by atoms with Crippen molar-refractivity contribution in [1.82, 2.24) is 10.0 Å². The molecule has 7 heteroatoms. The first-order valence-electron chi connectivity index (χ1n) is 5.85. The smallest absolute Gasteiger partial charge is 0.242 e. The molecule has 0 bridgehead atoms. The van der Waals surface area contributed by atoms with E-state index in [-0.39, 0.29) is 16.0 Å². The fourth-order valence-corrected chi connectivity index (χ4v) is 4.16. The third kappa shape index (κ3) is 4.96. The zero-order chi connectivity index (χ0) is 14.5. The van der Waals surface area contributed by atoms with Crippen molar-refractivity contribution in [3.05, 3.63) is 28.8 Å². The van der Waals surface area contributed by atoms with Crippen LogP contribution in [0.15, 0.2) is 23.1 Å². The van der Waals surface area contributed by atoms with Crippen molar-refractivity contribution in [2.45, 2.75) is 24.4 Å². The Bertz CT molecular complexity index is 520. The topological polar surface area (TPSA) is 58.2 Å². The maximum atomic E-state index is 12.3. The highest BCUT2D eigenvalue weighted by Crippen LogP contribution is 2.23. The molecule has 0 saturated heterocycles. The highest BCUT2D eigenvalue weighted by Gasteiger charge is 2.20. The van der Waals surface area contributed by atoms with Gasteiger partial charge < -0.3 is 5.32 Å². The second kappa shape index (κ2) is 7.50. The molecule has 1 rings (SSSR count). The summed E-state index contributed by atoms with van der Waals surface area (Å²) in [6.45, 7) is 2.43. The molecule has 0 aliphatic heterocycles. The lowest BCUT2D eigenvalue weighted by Gasteiger charge is -2.14. The molecule has 1 aromatic rings. The molecule has 1 atom stereocenters. The number of hydrogen-bond donors (Lipinski definition) is 2. The van der Waals surface area contributed by atoms with E-state index in [1.54, 1.807) is 23.9 Å². The summed E-state index contributed by atoms with van der Waals surface area (Å²) in [5, 5.41) is 3.22. The minimum Gasteiger partial charge on any atom is -0.316 e. The van der Waals surface area contributed by atoms with Gasteiger partial charge in [-0.15, -0.1) is 0 Å². The number of thioether (sulfide) groups is 1. The van der Waals surface area contributed by atoms with Crippen molar-refractivity contribution in [3.63, 3.8) is 0 Å². The monoisotopic (exact) mass is 322 g/mol. The summed E-state index contributed by atoms with van der Waals surface area (Å²) in [5.74, 6) is 0.715. The molecule has 0 aromatic heterocycles. The number of rotatable bonds is 7. The molecule has 2 N–H and O–H groups in total. The molecule has 108 valence electrons. The van der Waals surface area contributed by atoms with Crippen molar-refractivity contribution >= 4 is 33.4 Å². The first kappa shape index (κ1) is 16.8. The summed E-state index contributed by atoms with van der Waals surface area (Å²) >= 11 is 7.59. The molecule has 0 amide bonds. The highest BCUT2D eigenvalue weighted by atomic mass is 35.5. The number of hydrogen-bond acceptors (Lipinski definition) is 4. The quantitative estimate of drug-likeness (QED) is 0.807. The van der Waals surface area contributed by atoms with E-state index in [0.29, 0.717) is 12.3 Å². The molecule has 0 saturated carbocycles. The minimum atomic E-state index is -3.58. The van der Waals surface area contributed by atoms with Crippen molar-refractivity contribution in [3.8, 4) is 0 Å². The van der Waals surface area contributed by atoms with Gasteiger partial charge in [-0.3, -0.25) is 0 Å². The van der Waals surface area contributed by atoms with Gasteiger partial charge in [-0.1, -0.05) is 17.7 Å². The Balaban J connectivity index is 3.02. The van der Waals surface area contributed by atoms with E-state index in [9.17, 15) is 8.42 Å². The Morgan fingerprint density at radius 2 is 2.11 bits per heavy atom. The summed E-state index contributed by atoms with van der Waals surface area (Å²) in [6.07, 6.45) is 1.94. The zero-order valence-electron chi connectivity index (χ0n) is 11.2. The first-order valence-corrected chi connectivity index (χ1v) is 9.10. The standard InChI is InChI=1S/C12H19ClN2O2S2/c1-9(8-18-3)15-19(16,17)12-6-10(7-14-2)4-5-11(12)13/h4-6,9,14-15H,7-8H2,1-3H3. The Kier molecular flexibility index (Phi) is 6.62. The molecular formula is C12H19ClN2O2S2. The van der Waals surface area contributed by atoms with E-state index in [1.807, 2.05) is 26.3 Å². The van der Waals surface area contributed by atoms with Crippen LogP contribution in [0.5, 0.6) is 0 Å². The van der Waals surface area contributed by atoms with Crippen LogP contribution < -0.4 is 10.0 Å². The lowest BCUT2D eigenvalue weighted by atomic mass is 10.2. The molecular weight excluding hydrogens is 304 g/mol. The van der Waals surface area contributed by atoms with Gasteiger partial charge in [0.05, 0.1) is 5.02 Å². The van der Waals surface area contributed by atoms with Crippen molar-refractivity contribution in [2.75, 3.05) is 19.1 Å². The summed E-state index contributed by atoms with van der Waals surface area (Å²) < 4.78 is 27.2. The van der Waals surface area contributed by atoms with Crippen LogP contribution in [0.4, 0.5) is 0 Å². The number of sulfonamides is 1. The Morgan fingerprint density at radius 3 is 2.68 bits per heavy atom. The summed E-state index contributed by atoms with van der Waals surface area (Å²) in [4.78, 5) is 0.134. The molecule has 0 radical (unpaired) electrons. The minimum absolute atomic E-state index is 0.134. The van der Waals surface area contributed by atoms with Gasteiger partial charge in [0.25, 0.3) is 0 Å². The predicted octanol–water partition coefficient (Wildman–Crippen LogP) is 2.09. The van der Waals surface area contributed by atoms with Crippen LogP contribution in [0.2, 0.25) is 5.02 Å². The van der Waals surface area contributed by atoms with E-state index >= 15 is 0 Å². The molecule has 0 aliphatic rings. The fourth-order valence-electron chi connectivity index (χ4n) is 1.68. The normalized spacial score (nSPS) is 13.5. The molecule has 0 heterocycles. The van der Waals surface area contributed by atoms with Crippen molar-refractivity contribution < 1.29 is 8.42 Å². The van der Waals surface area contributed by atoms with Crippen LogP contribution in [0.3, 0.4) is 0 Å². The molecule has 19 heavy (non-hydrogen) atoms. The molecule has 1 aromatic carbocycles. The Labute approximate surface area is 124 Å². The van der Waals surface area contributed by atoms with Gasteiger partial charge in [0, 0.05) is 18.3 Å². The molecule has 1 unspecified atom stereocenters. The lowest BCUT2D eigenvalue weighted by molar-refractivity contribution is 0.571. The average Bonchev–Trinajstić information content (AvgIpc) is 2.31. The van der Waals surface area contributed by atoms with Crippen LogP contribution in [0, 0.1) is 0 Å². The SMILES string of the molecule is CNCc1ccc(Cl)c(S(=O)(=O)NC(C)CSC)c1. The van der Waals surface area contributed by atoms with Gasteiger partial charge in [-0.25, -0.2) is 13.1 Å². The second-order valence-corrected chi connectivity index (χ2v) is 7.27. The average molecular weight is 323 g/mol. The number of halogens is 1. The van der Waals surface area contributed by atoms with E-state index in [0.717, 1.165) is 5.56 Å².